The van der Waals surface area contributed by atoms with E-state index in [1.165, 1.54) is 0 Å². The average molecular weight is 278 g/mol. The van der Waals surface area contributed by atoms with Crippen LogP contribution in [0.2, 0.25) is 0 Å². The zero-order valence-electron chi connectivity index (χ0n) is 9.46. The lowest BCUT2D eigenvalue weighted by atomic mass is 10.0. The Bertz CT molecular complexity index is 211. The molecule has 1 saturated heterocycles. The van der Waals surface area contributed by atoms with E-state index in [4.69, 9.17) is 4.74 Å². The molecular formula is C11H20BrNO2. The largest absolute Gasteiger partial charge is 0.378 e. The van der Waals surface area contributed by atoms with Crippen molar-refractivity contribution in [3.63, 3.8) is 0 Å². The van der Waals surface area contributed by atoms with Crippen molar-refractivity contribution < 1.29 is 9.53 Å². The fourth-order valence-corrected chi connectivity index (χ4v) is 2.14. The number of hydrogen-bond acceptors (Lipinski definition) is 2. The van der Waals surface area contributed by atoms with Crippen LogP contribution in [-0.4, -0.2) is 30.0 Å². The van der Waals surface area contributed by atoms with Gasteiger partial charge in [0, 0.05) is 11.4 Å². The Hall–Kier alpha value is -0.0900. The highest BCUT2D eigenvalue weighted by molar-refractivity contribution is 9.09. The van der Waals surface area contributed by atoms with Gasteiger partial charge in [0.2, 0.25) is 5.91 Å². The molecule has 1 rings (SSSR count). The summed E-state index contributed by atoms with van der Waals surface area (Å²) >= 11 is 3.39. The van der Waals surface area contributed by atoms with Gasteiger partial charge >= 0.3 is 0 Å². The van der Waals surface area contributed by atoms with Crippen molar-refractivity contribution in [2.75, 3.05) is 11.9 Å². The van der Waals surface area contributed by atoms with Crippen LogP contribution in [0.3, 0.4) is 0 Å². The van der Waals surface area contributed by atoms with Crippen molar-refractivity contribution in [3.8, 4) is 0 Å². The van der Waals surface area contributed by atoms with Gasteiger partial charge < -0.3 is 10.1 Å². The lowest BCUT2D eigenvalue weighted by molar-refractivity contribution is -0.125. The second-order valence-electron chi connectivity index (χ2n) is 4.32. The van der Waals surface area contributed by atoms with Gasteiger partial charge in [-0.2, -0.15) is 0 Å². The molecule has 1 N–H and O–H groups in total. The fraction of sp³-hybridized carbons (Fsp3) is 0.909. The highest BCUT2D eigenvalue weighted by Crippen LogP contribution is 2.19. The number of rotatable bonds is 5. The number of carbonyl (C=O) groups is 1. The number of ether oxygens (including phenoxy) is 1. The number of nitrogens with one attached hydrogen (secondary N) is 1. The average Bonchev–Trinajstić information content (AvgIpc) is 2.61. The minimum absolute atomic E-state index is 0.0615. The van der Waals surface area contributed by atoms with Crippen LogP contribution in [0.5, 0.6) is 0 Å². The maximum absolute atomic E-state index is 11.8. The molecule has 1 amide bonds. The van der Waals surface area contributed by atoms with E-state index in [-0.39, 0.29) is 24.0 Å². The number of halogens is 1. The van der Waals surface area contributed by atoms with Gasteiger partial charge in [0.05, 0.1) is 18.6 Å². The van der Waals surface area contributed by atoms with E-state index in [2.05, 4.69) is 28.2 Å². The Balaban J connectivity index is 2.23. The molecule has 0 aliphatic carbocycles. The van der Waals surface area contributed by atoms with Gasteiger partial charge in [-0.15, -0.1) is 0 Å². The van der Waals surface area contributed by atoms with Gasteiger partial charge in [-0.05, 0) is 33.1 Å². The lowest BCUT2D eigenvalue weighted by Crippen LogP contribution is -2.37. The van der Waals surface area contributed by atoms with Gasteiger partial charge in [-0.25, -0.2) is 0 Å². The quantitative estimate of drug-likeness (QED) is 0.782. The topological polar surface area (TPSA) is 38.3 Å². The summed E-state index contributed by atoms with van der Waals surface area (Å²) < 4.78 is 5.38. The number of alkyl halides is 1. The first kappa shape index (κ1) is 13.0. The minimum Gasteiger partial charge on any atom is -0.378 e. The molecule has 1 aliphatic heterocycles. The van der Waals surface area contributed by atoms with Gasteiger partial charge in [-0.1, -0.05) is 15.9 Å². The van der Waals surface area contributed by atoms with Crippen LogP contribution >= 0.6 is 15.9 Å². The van der Waals surface area contributed by atoms with Crippen LogP contribution in [0.4, 0.5) is 0 Å². The molecule has 4 heteroatoms. The number of amides is 1. The summed E-state index contributed by atoms with van der Waals surface area (Å²) in [4.78, 5) is 11.8. The molecule has 0 spiro atoms. The van der Waals surface area contributed by atoms with Gasteiger partial charge in [0.25, 0.3) is 0 Å². The molecule has 0 aromatic heterocycles. The predicted molar refractivity (Wildman–Crippen MR) is 64.2 cm³/mol. The first-order valence-electron chi connectivity index (χ1n) is 5.61. The van der Waals surface area contributed by atoms with Crippen molar-refractivity contribution in [2.24, 2.45) is 5.92 Å². The van der Waals surface area contributed by atoms with E-state index >= 15 is 0 Å². The summed E-state index contributed by atoms with van der Waals surface area (Å²) in [7, 11) is 0. The van der Waals surface area contributed by atoms with Gasteiger partial charge in [-0.3, -0.25) is 4.79 Å². The molecule has 0 radical (unpaired) electrons. The molecule has 88 valence electrons. The van der Waals surface area contributed by atoms with Crippen LogP contribution in [-0.2, 0) is 9.53 Å². The molecule has 3 atom stereocenters. The summed E-state index contributed by atoms with van der Waals surface area (Å²) in [6.45, 7) is 4.65. The highest BCUT2D eigenvalue weighted by atomic mass is 79.9. The Morgan fingerprint density at radius 2 is 2.40 bits per heavy atom. The Morgan fingerprint density at radius 3 is 2.93 bits per heavy atom. The van der Waals surface area contributed by atoms with Crippen molar-refractivity contribution >= 4 is 21.8 Å². The van der Waals surface area contributed by atoms with Gasteiger partial charge in [0.1, 0.15) is 0 Å². The normalized spacial score (nSPS) is 27.7. The molecule has 3 unspecified atom stereocenters. The second kappa shape index (κ2) is 6.48. The first-order valence-corrected chi connectivity index (χ1v) is 6.73. The van der Waals surface area contributed by atoms with E-state index in [0.29, 0.717) is 6.61 Å². The number of hydrogen-bond donors (Lipinski definition) is 1. The lowest BCUT2D eigenvalue weighted by Gasteiger charge is -2.15. The van der Waals surface area contributed by atoms with E-state index in [1.807, 2.05) is 6.92 Å². The smallest absolute Gasteiger partial charge is 0.225 e. The monoisotopic (exact) mass is 277 g/mol. The number of carbonyl (C=O) groups excluding carboxylic acids is 1. The van der Waals surface area contributed by atoms with Gasteiger partial charge in [0.15, 0.2) is 0 Å². The van der Waals surface area contributed by atoms with Crippen LogP contribution < -0.4 is 5.32 Å². The van der Waals surface area contributed by atoms with E-state index in [0.717, 1.165) is 24.6 Å². The van der Waals surface area contributed by atoms with Crippen LogP contribution in [0.25, 0.3) is 0 Å². The zero-order valence-corrected chi connectivity index (χ0v) is 11.0. The minimum atomic E-state index is 0.0615. The molecule has 3 nitrogen and oxygen atoms in total. The maximum atomic E-state index is 11.8. The summed E-state index contributed by atoms with van der Waals surface area (Å²) in [6, 6.07) is 0.269. The Labute approximate surface area is 100 Å². The van der Waals surface area contributed by atoms with Crippen molar-refractivity contribution in [1.82, 2.24) is 5.32 Å². The van der Waals surface area contributed by atoms with Crippen LogP contribution in [0, 0.1) is 5.92 Å². The fourth-order valence-electron chi connectivity index (χ4n) is 1.82. The Kier molecular flexibility index (Phi) is 5.61. The van der Waals surface area contributed by atoms with Crippen LogP contribution in [0.15, 0.2) is 0 Å². The molecule has 0 saturated carbocycles. The first-order chi connectivity index (χ1) is 7.13. The van der Waals surface area contributed by atoms with E-state index in [9.17, 15) is 4.79 Å². The van der Waals surface area contributed by atoms with Crippen LogP contribution in [0.1, 0.15) is 33.1 Å². The summed E-state index contributed by atoms with van der Waals surface area (Å²) in [6.07, 6.45) is 3.22. The van der Waals surface area contributed by atoms with Crippen molar-refractivity contribution in [3.05, 3.63) is 0 Å². The third-order valence-electron chi connectivity index (χ3n) is 2.73. The summed E-state index contributed by atoms with van der Waals surface area (Å²) in [5.41, 5.74) is 0. The molecule has 0 aromatic carbocycles. The molecule has 1 heterocycles. The molecular weight excluding hydrogens is 258 g/mol. The third kappa shape index (κ3) is 4.51. The molecule has 1 fully saturated rings. The second-order valence-corrected chi connectivity index (χ2v) is 5.11. The standard InChI is InChI=1S/C11H20BrNO2/c1-8(4-3-5-12)13-11(14)10-6-9(2)15-7-10/h8-10H,3-7H2,1-2H3,(H,13,14). The zero-order chi connectivity index (χ0) is 11.3. The highest BCUT2D eigenvalue weighted by Gasteiger charge is 2.28. The molecule has 0 bridgehead atoms. The SMILES string of the molecule is CC(CCCBr)NC(=O)C1COC(C)C1. The molecule has 1 aliphatic rings. The third-order valence-corrected chi connectivity index (χ3v) is 3.29. The predicted octanol–water partition coefficient (Wildman–Crippen LogP) is 2.09. The molecule has 15 heavy (non-hydrogen) atoms. The van der Waals surface area contributed by atoms with E-state index < -0.39 is 0 Å². The summed E-state index contributed by atoms with van der Waals surface area (Å²) in [5.74, 6) is 0.216. The summed E-state index contributed by atoms with van der Waals surface area (Å²) in [5, 5.41) is 4.03. The maximum Gasteiger partial charge on any atom is 0.225 e. The molecule has 0 aromatic rings. The Morgan fingerprint density at radius 1 is 1.67 bits per heavy atom. The van der Waals surface area contributed by atoms with E-state index in [1.54, 1.807) is 0 Å². The van der Waals surface area contributed by atoms with Crippen molar-refractivity contribution in [2.45, 2.75) is 45.3 Å². The van der Waals surface area contributed by atoms with Crippen molar-refractivity contribution in [1.29, 1.82) is 0 Å².